The Bertz CT molecular complexity index is 295. The molecule has 0 aromatic heterocycles. The summed E-state index contributed by atoms with van der Waals surface area (Å²) in [5.41, 5.74) is 0.629. The van der Waals surface area contributed by atoms with Gasteiger partial charge in [0.2, 0.25) is 5.12 Å². The minimum Gasteiger partial charge on any atom is -0.497 e. The molecule has 0 unspecified atom stereocenters. The monoisotopic (exact) mass is 212 g/mol. The van der Waals surface area contributed by atoms with Crippen LogP contribution in [0.25, 0.3) is 0 Å². The topological polar surface area (TPSA) is 46.5 Å². The van der Waals surface area contributed by atoms with Crippen LogP contribution in [0.4, 0.5) is 0 Å². The summed E-state index contributed by atoms with van der Waals surface area (Å²) in [5, 5.41) is 8.52. The van der Waals surface area contributed by atoms with Gasteiger partial charge < -0.3 is 9.84 Å². The lowest BCUT2D eigenvalue weighted by Crippen LogP contribution is -1.97. The number of carbonyl (C=O) groups excluding carboxylic acids is 1. The molecule has 0 aliphatic heterocycles. The molecule has 1 aromatic carbocycles. The second kappa shape index (κ2) is 5.67. The van der Waals surface area contributed by atoms with Crippen molar-refractivity contribution < 1.29 is 14.6 Å². The molecule has 14 heavy (non-hydrogen) atoms. The Balaban J connectivity index is 2.62. The Morgan fingerprint density at radius 3 is 2.57 bits per heavy atom. The summed E-state index contributed by atoms with van der Waals surface area (Å²) in [6, 6.07) is 6.91. The van der Waals surface area contributed by atoms with Crippen LogP contribution in [0.5, 0.6) is 5.75 Å². The molecule has 0 atom stereocenters. The predicted molar refractivity (Wildman–Crippen MR) is 56.9 cm³/mol. The molecule has 0 bridgehead atoms. The molecule has 0 heterocycles. The van der Waals surface area contributed by atoms with Crippen molar-refractivity contribution in [1.29, 1.82) is 0 Å². The van der Waals surface area contributed by atoms with Crippen molar-refractivity contribution in [2.45, 2.75) is 0 Å². The van der Waals surface area contributed by atoms with Crippen LogP contribution >= 0.6 is 11.8 Å². The van der Waals surface area contributed by atoms with Gasteiger partial charge in [0.15, 0.2) is 0 Å². The zero-order valence-electron chi connectivity index (χ0n) is 7.90. The van der Waals surface area contributed by atoms with Crippen LogP contribution in [0.1, 0.15) is 10.4 Å². The molecule has 0 aliphatic rings. The van der Waals surface area contributed by atoms with Gasteiger partial charge in [0, 0.05) is 11.3 Å². The molecule has 0 spiro atoms. The highest BCUT2D eigenvalue weighted by atomic mass is 32.2. The molecule has 0 aliphatic carbocycles. The van der Waals surface area contributed by atoms with Gasteiger partial charge in [-0.2, -0.15) is 0 Å². The van der Waals surface area contributed by atoms with E-state index in [1.54, 1.807) is 31.4 Å². The second-order valence-electron chi connectivity index (χ2n) is 2.59. The normalized spacial score (nSPS) is 9.86. The molecule has 0 radical (unpaired) electrons. The first-order valence-electron chi connectivity index (χ1n) is 4.20. The van der Waals surface area contributed by atoms with Crippen molar-refractivity contribution in [3.8, 4) is 5.75 Å². The van der Waals surface area contributed by atoms with E-state index in [9.17, 15) is 4.79 Å². The third-order valence-corrected chi connectivity index (χ3v) is 2.53. The molecule has 1 rings (SSSR count). The smallest absolute Gasteiger partial charge is 0.219 e. The van der Waals surface area contributed by atoms with Crippen LogP contribution in [0.15, 0.2) is 24.3 Å². The first-order valence-corrected chi connectivity index (χ1v) is 5.18. The Morgan fingerprint density at radius 2 is 2.07 bits per heavy atom. The standard InChI is InChI=1S/C10H12O3S/c1-13-9-4-2-8(3-5-9)10(12)14-7-6-11/h2-5,11H,6-7H2,1H3. The van der Waals surface area contributed by atoms with E-state index in [1.165, 1.54) is 0 Å². The lowest BCUT2D eigenvalue weighted by molar-refractivity contribution is 0.108. The lowest BCUT2D eigenvalue weighted by Gasteiger charge is -2.01. The van der Waals surface area contributed by atoms with Crippen molar-refractivity contribution in [2.24, 2.45) is 0 Å². The maximum Gasteiger partial charge on any atom is 0.219 e. The second-order valence-corrected chi connectivity index (χ2v) is 3.66. The van der Waals surface area contributed by atoms with Gasteiger partial charge >= 0.3 is 0 Å². The molecule has 0 saturated heterocycles. The fourth-order valence-electron chi connectivity index (χ4n) is 0.949. The van der Waals surface area contributed by atoms with Gasteiger partial charge in [-0.25, -0.2) is 0 Å². The number of benzene rings is 1. The third kappa shape index (κ3) is 3.05. The largest absolute Gasteiger partial charge is 0.497 e. The summed E-state index contributed by atoms with van der Waals surface area (Å²) in [5.74, 6) is 1.17. The number of hydrogen-bond donors (Lipinski definition) is 1. The molecule has 3 nitrogen and oxygen atoms in total. The SMILES string of the molecule is COc1ccc(C(=O)SCCO)cc1. The van der Waals surface area contributed by atoms with Gasteiger partial charge in [-0.3, -0.25) is 4.79 Å². The molecule has 4 heteroatoms. The number of rotatable bonds is 4. The van der Waals surface area contributed by atoms with E-state index in [0.717, 1.165) is 17.5 Å². The zero-order chi connectivity index (χ0) is 10.4. The van der Waals surface area contributed by atoms with Crippen LogP contribution < -0.4 is 4.74 Å². The summed E-state index contributed by atoms with van der Waals surface area (Å²) in [6.45, 7) is 0.0204. The fourth-order valence-corrected chi connectivity index (χ4v) is 1.53. The highest BCUT2D eigenvalue weighted by Gasteiger charge is 2.05. The van der Waals surface area contributed by atoms with E-state index in [1.807, 2.05) is 0 Å². The summed E-state index contributed by atoms with van der Waals surface area (Å²) < 4.78 is 4.97. The minimum atomic E-state index is -0.0262. The highest BCUT2D eigenvalue weighted by Crippen LogP contribution is 2.16. The molecule has 1 N–H and O–H groups in total. The van der Waals surface area contributed by atoms with E-state index in [-0.39, 0.29) is 11.7 Å². The van der Waals surface area contributed by atoms with Gasteiger partial charge in [-0.15, -0.1) is 0 Å². The number of aliphatic hydroxyl groups is 1. The van der Waals surface area contributed by atoms with Crippen molar-refractivity contribution >= 4 is 16.9 Å². The van der Waals surface area contributed by atoms with Crippen molar-refractivity contribution in [3.63, 3.8) is 0 Å². The average Bonchev–Trinajstić information content (AvgIpc) is 2.26. The number of methoxy groups -OCH3 is 1. The minimum absolute atomic E-state index is 0.0204. The van der Waals surface area contributed by atoms with Gasteiger partial charge in [0.25, 0.3) is 0 Å². The van der Waals surface area contributed by atoms with Gasteiger partial charge in [-0.1, -0.05) is 11.8 Å². The Labute approximate surface area is 87.1 Å². The van der Waals surface area contributed by atoms with E-state index in [2.05, 4.69) is 0 Å². The zero-order valence-corrected chi connectivity index (χ0v) is 8.71. The lowest BCUT2D eigenvalue weighted by atomic mass is 10.2. The maximum absolute atomic E-state index is 11.4. The van der Waals surface area contributed by atoms with Crippen LogP contribution in [0.2, 0.25) is 0 Å². The van der Waals surface area contributed by atoms with E-state index in [0.29, 0.717) is 11.3 Å². The van der Waals surface area contributed by atoms with Crippen LogP contribution in [0.3, 0.4) is 0 Å². The summed E-state index contributed by atoms with van der Waals surface area (Å²) >= 11 is 1.11. The van der Waals surface area contributed by atoms with Crippen molar-refractivity contribution in [2.75, 3.05) is 19.5 Å². The third-order valence-electron chi connectivity index (χ3n) is 1.65. The molecule has 0 amide bonds. The highest BCUT2D eigenvalue weighted by molar-refractivity contribution is 8.14. The Hall–Kier alpha value is -1.00. The number of carbonyl (C=O) groups is 1. The van der Waals surface area contributed by atoms with Gasteiger partial charge in [0.05, 0.1) is 13.7 Å². The van der Waals surface area contributed by atoms with Crippen molar-refractivity contribution in [3.05, 3.63) is 29.8 Å². The van der Waals surface area contributed by atoms with E-state index in [4.69, 9.17) is 9.84 Å². The van der Waals surface area contributed by atoms with Crippen molar-refractivity contribution in [1.82, 2.24) is 0 Å². The van der Waals surface area contributed by atoms with E-state index < -0.39 is 0 Å². The number of ether oxygens (including phenoxy) is 1. The first kappa shape index (κ1) is 11.1. The Kier molecular flexibility index (Phi) is 4.49. The average molecular weight is 212 g/mol. The number of aliphatic hydroxyl groups excluding tert-OH is 1. The van der Waals surface area contributed by atoms with E-state index >= 15 is 0 Å². The quantitative estimate of drug-likeness (QED) is 0.822. The Morgan fingerprint density at radius 1 is 1.43 bits per heavy atom. The van der Waals surface area contributed by atoms with Crippen LogP contribution in [0, 0.1) is 0 Å². The summed E-state index contributed by atoms with van der Waals surface area (Å²) in [7, 11) is 1.58. The molecule has 76 valence electrons. The maximum atomic E-state index is 11.4. The summed E-state index contributed by atoms with van der Waals surface area (Å²) in [6.07, 6.45) is 0. The molecule has 1 aromatic rings. The number of hydrogen-bond acceptors (Lipinski definition) is 4. The molecule has 0 fully saturated rings. The number of thioether (sulfide) groups is 1. The van der Waals surface area contributed by atoms with Crippen LogP contribution in [-0.2, 0) is 0 Å². The molecular formula is C10H12O3S. The first-order chi connectivity index (χ1) is 6.77. The van der Waals surface area contributed by atoms with Crippen LogP contribution in [-0.4, -0.2) is 29.7 Å². The molecule has 0 saturated carbocycles. The molecular weight excluding hydrogens is 200 g/mol. The summed E-state index contributed by atoms with van der Waals surface area (Å²) in [4.78, 5) is 11.4. The predicted octanol–water partition coefficient (Wildman–Crippen LogP) is 1.56. The van der Waals surface area contributed by atoms with Gasteiger partial charge in [-0.05, 0) is 24.3 Å². The van der Waals surface area contributed by atoms with Gasteiger partial charge in [0.1, 0.15) is 5.75 Å². The fraction of sp³-hybridized carbons (Fsp3) is 0.300.